The number of nitrogens with zero attached hydrogens (tertiary/aromatic N) is 2. The molecule has 0 saturated heterocycles. The topological polar surface area (TPSA) is 94.7 Å². The number of hydrogen-bond donors (Lipinski definition) is 2. The Kier molecular flexibility index (Phi) is 4.51. The molecule has 1 aromatic rings. The van der Waals surface area contributed by atoms with Crippen molar-refractivity contribution in [1.82, 2.24) is 0 Å². The van der Waals surface area contributed by atoms with E-state index in [9.17, 15) is 4.79 Å². The lowest BCUT2D eigenvalue weighted by Gasteiger charge is -2.01. The number of anilines is 1. The molecule has 0 amide bonds. The predicted molar refractivity (Wildman–Crippen MR) is 61.4 cm³/mol. The van der Waals surface area contributed by atoms with E-state index in [1.54, 1.807) is 25.1 Å². The third-order valence-electron chi connectivity index (χ3n) is 1.74. The molecule has 88 valence electrons. The van der Waals surface area contributed by atoms with Crippen molar-refractivity contribution in [1.29, 1.82) is 5.26 Å². The molecule has 0 saturated carbocycles. The molecule has 0 unspecified atom stereocenters. The molecule has 0 spiro atoms. The number of phenols is 1. The molecule has 0 atom stereocenters. The average Bonchev–Trinajstić information content (AvgIpc) is 2.32. The Morgan fingerprint density at radius 3 is 2.71 bits per heavy atom. The summed E-state index contributed by atoms with van der Waals surface area (Å²) in [5.41, 5.74) is 2.70. The lowest BCUT2D eigenvalue weighted by atomic mass is 10.3. The molecule has 0 heterocycles. The number of carbonyl (C=O) groups excluding carboxylic acids is 1. The first kappa shape index (κ1) is 12.5. The largest absolute Gasteiger partial charge is 0.508 e. The van der Waals surface area contributed by atoms with Crippen LogP contribution in [0.3, 0.4) is 0 Å². The second-order valence-corrected chi connectivity index (χ2v) is 2.95. The Morgan fingerprint density at radius 1 is 1.53 bits per heavy atom. The fourth-order valence-electron chi connectivity index (χ4n) is 0.972. The number of carbonyl (C=O) groups is 1. The number of phenolic OH excluding ortho intramolecular Hbond substituents is 1. The first-order valence-electron chi connectivity index (χ1n) is 4.87. The van der Waals surface area contributed by atoms with Crippen molar-refractivity contribution in [2.75, 3.05) is 12.0 Å². The van der Waals surface area contributed by atoms with E-state index in [2.05, 4.69) is 15.3 Å². The van der Waals surface area contributed by atoms with Gasteiger partial charge in [-0.2, -0.15) is 10.4 Å². The minimum Gasteiger partial charge on any atom is -0.508 e. The summed E-state index contributed by atoms with van der Waals surface area (Å²) in [5.74, 6) is -0.660. The summed E-state index contributed by atoms with van der Waals surface area (Å²) in [6.45, 7) is 1.82. The molecule has 0 aliphatic heterocycles. The third kappa shape index (κ3) is 3.83. The molecule has 2 N–H and O–H groups in total. The molecule has 0 fully saturated rings. The zero-order valence-electron chi connectivity index (χ0n) is 9.17. The van der Waals surface area contributed by atoms with E-state index in [-0.39, 0.29) is 18.1 Å². The predicted octanol–water partition coefficient (Wildman–Crippen LogP) is 1.25. The van der Waals surface area contributed by atoms with Crippen molar-refractivity contribution in [3.63, 3.8) is 0 Å². The van der Waals surface area contributed by atoms with Gasteiger partial charge in [0.15, 0.2) is 0 Å². The summed E-state index contributed by atoms with van der Waals surface area (Å²) in [4.78, 5) is 11.2. The van der Waals surface area contributed by atoms with E-state index in [1.165, 1.54) is 12.1 Å². The van der Waals surface area contributed by atoms with Gasteiger partial charge in [-0.05, 0) is 31.2 Å². The summed E-state index contributed by atoms with van der Waals surface area (Å²) in [7, 11) is 0. The minimum atomic E-state index is -0.777. The van der Waals surface area contributed by atoms with E-state index in [0.717, 1.165) is 0 Å². The normalized spacial score (nSPS) is 10.5. The minimum absolute atomic E-state index is 0.116. The summed E-state index contributed by atoms with van der Waals surface area (Å²) in [6.07, 6.45) is 0. The monoisotopic (exact) mass is 233 g/mol. The number of benzene rings is 1. The van der Waals surface area contributed by atoms with Crippen LogP contribution in [0.1, 0.15) is 6.92 Å². The Balaban J connectivity index is 2.71. The van der Waals surface area contributed by atoms with Crippen molar-refractivity contribution in [2.45, 2.75) is 6.92 Å². The van der Waals surface area contributed by atoms with Crippen LogP contribution in [-0.2, 0) is 9.53 Å². The van der Waals surface area contributed by atoms with Gasteiger partial charge < -0.3 is 9.84 Å². The van der Waals surface area contributed by atoms with Gasteiger partial charge in [0.2, 0.25) is 5.71 Å². The second kappa shape index (κ2) is 6.12. The molecule has 0 bridgehead atoms. The molecule has 0 aliphatic carbocycles. The standard InChI is InChI=1S/C11H11N3O3/c1-2-17-11(16)10(7-12)14-13-8-3-5-9(15)6-4-8/h3-6,13,15H,2H2,1H3/b14-10+. The number of esters is 1. The van der Waals surface area contributed by atoms with Crippen molar-refractivity contribution >= 4 is 17.4 Å². The summed E-state index contributed by atoms with van der Waals surface area (Å²) in [6, 6.07) is 7.65. The molecular formula is C11H11N3O3. The van der Waals surface area contributed by atoms with Gasteiger partial charge in [-0.1, -0.05) is 0 Å². The van der Waals surface area contributed by atoms with Gasteiger partial charge in [0, 0.05) is 0 Å². The van der Waals surface area contributed by atoms with Crippen LogP contribution in [0.2, 0.25) is 0 Å². The van der Waals surface area contributed by atoms with Crippen LogP contribution >= 0.6 is 0 Å². The maximum Gasteiger partial charge on any atom is 0.369 e. The van der Waals surface area contributed by atoms with Gasteiger partial charge in [-0.25, -0.2) is 4.79 Å². The number of nitriles is 1. The maximum absolute atomic E-state index is 11.2. The van der Waals surface area contributed by atoms with Gasteiger partial charge in [-0.15, -0.1) is 0 Å². The average molecular weight is 233 g/mol. The number of ether oxygens (including phenoxy) is 1. The molecule has 0 aliphatic rings. The van der Waals surface area contributed by atoms with Crippen LogP contribution in [0, 0.1) is 11.3 Å². The van der Waals surface area contributed by atoms with Crippen molar-refractivity contribution in [3.05, 3.63) is 24.3 Å². The molecule has 6 nitrogen and oxygen atoms in total. The summed E-state index contributed by atoms with van der Waals surface area (Å²) < 4.78 is 4.63. The van der Waals surface area contributed by atoms with Crippen LogP contribution in [0.15, 0.2) is 29.4 Å². The number of hydrogen-bond acceptors (Lipinski definition) is 6. The highest BCUT2D eigenvalue weighted by molar-refractivity contribution is 6.43. The van der Waals surface area contributed by atoms with E-state index < -0.39 is 5.97 Å². The van der Waals surface area contributed by atoms with Gasteiger partial charge in [0.05, 0.1) is 12.3 Å². The summed E-state index contributed by atoms with van der Waals surface area (Å²) >= 11 is 0. The third-order valence-corrected chi connectivity index (χ3v) is 1.74. The zero-order valence-corrected chi connectivity index (χ0v) is 9.17. The number of nitrogens with one attached hydrogen (secondary N) is 1. The highest BCUT2D eigenvalue weighted by Gasteiger charge is 2.11. The highest BCUT2D eigenvalue weighted by atomic mass is 16.5. The summed E-state index contributed by atoms with van der Waals surface area (Å²) in [5, 5.41) is 21.3. The zero-order chi connectivity index (χ0) is 12.7. The molecular weight excluding hydrogens is 222 g/mol. The lowest BCUT2D eigenvalue weighted by molar-refractivity contribution is -0.134. The van der Waals surface area contributed by atoms with Gasteiger partial charge in [0.1, 0.15) is 11.8 Å². The van der Waals surface area contributed by atoms with Crippen LogP contribution < -0.4 is 5.43 Å². The van der Waals surface area contributed by atoms with Crippen molar-refractivity contribution in [2.24, 2.45) is 5.10 Å². The second-order valence-electron chi connectivity index (χ2n) is 2.95. The quantitative estimate of drug-likeness (QED) is 0.353. The number of hydrazone groups is 1. The smallest absolute Gasteiger partial charge is 0.369 e. The van der Waals surface area contributed by atoms with Gasteiger partial charge >= 0.3 is 5.97 Å². The van der Waals surface area contributed by atoms with Crippen molar-refractivity contribution < 1.29 is 14.6 Å². The Hall–Kier alpha value is -2.55. The van der Waals surface area contributed by atoms with Crippen LogP contribution in [0.5, 0.6) is 5.75 Å². The molecule has 0 aromatic heterocycles. The lowest BCUT2D eigenvalue weighted by Crippen LogP contribution is -2.17. The molecule has 1 aromatic carbocycles. The Labute approximate surface area is 98.1 Å². The molecule has 6 heteroatoms. The first-order chi connectivity index (χ1) is 8.17. The molecule has 1 rings (SSSR count). The number of aromatic hydroxyl groups is 1. The Bertz CT molecular complexity index is 460. The van der Waals surface area contributed by atoms with Crippen LogP contribution in [-0.4, -0.2) is 23.4 Å². The SMILES string of the molecule is CCOC(=O)/C(C#N)=N/Nc1ccc(O)cc1. The fourth-order valence-corrected chi connectivity index (χ4v) is 0.972. The fraction of sp³-hybridized carbons (Fsp3) is 0.182. The highest BCUT2D eigenvalue weighted by Crippen LogP contribution is 2.13. The first-order valence-corrected chi connectivity index (χ1v) is 4.87. The Morgan fingerprint density at radius 2 is 2.18 bits per heavy atom. The maximum atomic E-state index is 11.2. The molecule has 0 radical (unpaired) electrons. The number of rotatable bonds is 4. The van der Waals surface area contributed by atoms with Gasteiger partial charge in [0.25, 0.3) is 0 Å². The van der Waals surface area contributed by atoms with E-state index in [0.29, 0.717) is 5.69 Å². The van der Waals surface area contributed by atoms with E-state index in [1.807, 2.05) is 0 Å². The van der Waals surface area contributed by atoms with E-state index in [4.69, 9.17) is 10.4 Å². The molecule has 17 heavy (non-hydrogen) atoms. The van der Waals surface area contributed by atoms with E-state index >= 15 is 0 Å². The van der Waals surface area contributed by atoms with Crippen LogP contribution in [0.4, 0.5) is 5.69 Å². The van der Waals surface area contributed by atoms with Crippen LogP contribution in [0.25, 0.3) is 0 Å². The van der Waals surface area contributed by atoms with Gasteiger partial charge in [-0.3, -0.25) is 5.43 Å². The van der Waals surface area contributed by atoms with Crippen molar-refractivity contribution in [3.8, 4) is 11.8 Å².